The van der Waals surface area contributed by atoms with E-state index in [1.165, 1.54) is 10.7 Å². The van der Waals surface area contributed by atoms with Crippen molar-refractivity contribution in [2.45, 2.75) is 32.4 Å². The Morgan fingerprint density at radius 3 is 2.79 bits per heavy atom. The predicted octanol–water partition coefficient (Wildman–Crippen LogP) is 1.51. The first-order valence-electron chi connectivity index (χ1n) is 8.15. The molecule has 1 fully saturated rings. The van der Waals surface area contributed by atoms with Crippen molar-refractivity contribution in [3.8, 4) is 11.3 Å². The van der Waals surface area contributed by atoms with Crippen LogP contribution in [-0.4, -0.2) is 34.9 Å². The fraction of sp³-hybridized carbons (Fsp3) is 0.389. The van der Waals surface area contributed by atoms with Gasteiger partial charge in [-0.3, -0.25) is 9.59 Å². The smallest absolute Gasteiger partial charge is 0.267 e. The van der Waals surface area contributed by atoms with Crippen LogP contribution in [0.4, 0.5) is 0 Å². The number of rotatable bonds is 5. The number of carbonyl (C=O) groups excluding carboxylic acids is 1. The van der Waals surface area contributed by atoms with Crippen LogP contribution in [0.15, 0.2) is 41.2 Å². The number of hydrogen-bond donors (Lipinski definition) is 1. The van der Waals surface area contributed by atoms with Crippen LogP contribution in [0.25, 0.3) is 11.3 Å². The maximum Gasteiger partial charge on any atom is 0.267 e. The minimum Gasteiger partial charge on any atom is -0.376 e. The summed E-state index contributed by atoms with van der Waals surface area (Å²) in [7, 11) is 0. The average molecular weight is 327 g/mol. The molecule has 1 aliphatic heterocycles. The lowest BCUT2D eigenvalue weighted by Gasteiger charge is -2.11. The van der Waals surface area contributed by atoms with E-state index < -0.39 is 0 Å². The fourth-order valence-electron chi connectivity index (χ4n) is 2.67. The molecule has 0 saturated carbocycles. The molecule has 1 aromatic heterocycles. The van der Waals surface area contributed by atoms with Crippen LogP contribution in [0, 0.1) is 6.92 Å². The van der Waals surface area contributed by atoms with Crippen molar-refractivity contribution in [3.63, 3.8) is 0 Å². The molecular weight excluding hydrogens is 306 g/mol. The molecule has 1 unspecified atom stereocenters. The van der Waals surface area contributed by atoms with Gasteiger partial charge in [0.15, 0.2) is 0 Å². The van der Waals surface area contributed by atoms with Crippen LogP contribution in [-0.2, 0) is 16.1 Å². The summed E-state index contributed by atoms with van der Waals surface area (Å²) in [5, 5.41) is 7.11. The molecule has 1 atom stereocenters. The number of nitrogens with one attached hydrogen (secondary N) is 1. The van der Waals surface area contributed by atoms with Crippen LogP contribution in [0.3, 0.4) is 0 Å². The minimum absolute atomic E-state index is 0.0810. The zero-order valence-electron chi connectivity index (χ0n) is 13.7. The molecule has 0 aliphatic carbocycles. The molecule has 1 aromatic carbocycles. The van der Waals surface area contributed by atoms with Crippen molar-refractivity contribution in [2.75, 3.05) is 13.2 Å². The third-order valence-electron chi connectivity index (χ3n) is 4.06. The molecule has 0 radical (unpaired) electrons. The highest BCUT2D eigenvalue weighted by Crippen LogP contribution is 2.15. The first kappa shape index (κ1) is 16.4. The zero-order valence-corrected chi connectivity index (χ0v) is 13.7. The van der Waals surface area contributed by atoms with Gasteiger partial charge in [-0.1, -0.05) is 29.8 Å². The van der Waals surface area contributed by atoms with Crippen molar-refractivity contribution in [2.24, 2.45) is 0 Å². The Kier molecular flexibility index (Phi) is 5.05. The molecule has 126 valence electrons. The number of aryl methyl sites for hydroxylation is 1. The lowest BCUT2D eigenvalue weighted by molar-refractivity contribution is -0.122. The average Bonchev–Trinajstić information content (AvgIpc) is 3.09. The number of nitrogens with zero attached hydrogens (tertiary/aromatic N) is 2. The standard InChI is InChI=1S/C18H21N3O3/c1-13-4-6-14(7-5-13)16-8-9-18(23)21(20-16)12-17(22)19-11-15-3-2-10-24-15/h4-9,15H,2-3,10-12H2,1H3,(H,19,22). The predicted molar refractivity (Wildman–Crippen MR) is 90.7 cm³/mol. The summed E-state index contributed by atoms with van der Waals surface area (Å²) >= 11 is 0. The summed E-state index contributed by atoms with van der Waals surface area (Å²) < 4.78 is 6.66. The highest BCUT2D eigenvalue weighted by molar-refractivity contribution is 5.75. The molecule has 6 nitrogen and oxygen atoms in total. The molecule has 0 spiro atoms. The lowest BCUT2D eigenvalue weighted by Crippen LogP contribution is -2.37. The van der Waals surface area contributed by atoms with Crippen molar-refractivity contribution in [3.05, 3.63) is 52.3 Å². The Labute approximate surface area is 140 Å². The van der Waals surface area contributed by atoms with Crippen molar-refractivity contribution >= 4 is 5.91 Å². The van der Waals surface area contributed by atoms with Gasteiger partial charge in [0.05, 0.1) is 11.8 Å². The maximum atomic E-state index is 12.0. The summed E-state index contributed by atoms with van der Waals surface area (Å²) in [6.45, 7) is 3.15. The molecule has 0 bridgehead atoms. The topological polar surface area (TPSA) is 73.2 Å². The first-order valence-corrected chi connectivity index (χ1v) is 8.15. The second kappa shape index (κ2) is 7.40. The Balaban J connectivity index is 1.68. The molecular formula is C18H21N3O3. The molecule has 3 rings (SSSR count). The second-order valence-corrected chi connectivity index (χ2v) is 6.02. The molecule has 1 N–H and O–H groups in total. The van der Waals surface area contributed by atoms with Crippen molar-refractivity contribution < 1.29 is 9.53 Å². The monoisotopic (exact) mass is 327 g/mol. The largest absolute Gasteiger partial charge is 0.376 e. The number of carbonyl (C=O) groups is 1. The van der Waals surface area contributed by atoms with Crippen LogP contribution in [0.2, 0.25) is 0 Å². The Bertz CT molecular complexity index is 762. The SMILES string of the molecule is Cc1ccc(-c2ccc(=O)n(CC(=O)NCC3CCCO3)n2)cc1. The van der Waals surface area contributed by atoms with Gasteiger partial charge in [-0.25, -0.2) is 4.68 Å². The van der Waals surface area contributed by atoms with Gasteiger partial charge >= 0.3 is 0 Å². The van der Waals surface area contributed by atoms with Gasteiger partial charge in [-0.15, -0.1) is 0 Å². The summed E-state index contributed by atoms with van der Waals surface area (Å²) in [5.41, 5.74) is 2.44. The number of hydrogen-bond acceptors (Lipinski definition) is 4. The van der Waals surface area contributed by atoms with E-state index in [1.807, 2.05) is 31.2 Å². The lowest BCUT2D eigenvalue weighted by atomic mass is 10.1. The van der Waals surface area contributed by atoms with Gasteiger partial charge in [0.2, 0.25) is 5.91 Å². The molecule has 1 saturated heterocycles. The van der Waals surface area contributed by atoms with E-state index in [-0.39, 0.29) is 24.1 Å². The van der Waals surface area contributed by atoms with Gasteiger partial charge in [-0.05, 0) is 25.8 Å². The van der Waals surface area contributed by atoms with E-state index in [9.17, 15) is 9.59 Å². The normalized spacial score (nSPS) is 17.0. The van der Waals surface area contributed by atoms with Crippen molar-refractivity contribution in [1.29, 1.82) is 0 Å². The van der Waals surface area contributed by atoms with E-state index in [0.717, 1.165) is 30.6 Å². The highest BCUT2D eigenvalue weighted by Gasteiger charge is 2.16. The number of aromatic nitrogens is 2. The van der Waals surface area contributed by atoms with E-state index in [1.54, 1.807) is 6.07 Å². The molecule has 6 heteroatoms. The number of ether oxygens (including phenoxy) is 1. The Hall–Kier alpha value is -2.47. The quantitative estimate of drug-likeness (QED) is 0.903. The molecule has 1 aliphatic rings. The van der Waals surface area contributed by atoms with Crippen LogP contribution < -0.4 is 10.9 Å². The van der Waals surface area contributed by atoms with Crippen LogP contribution >= 0.6 is 0 Å². The molecule has 24 heavy (non-hydrogen) atoms. The van der Waals surface area contributed by atoms with E-state index >= 15 is 0 Å². The maximum absolute atomic E-state index is 12.0. The van der Waals surface area contributed by atoms with Gasteiger partial charge in [0.25, 0.3) is 5.56 Å². The number of amides is 1. The molecule has 2 aromatic rings. The third-order valence-corrected chi connectivity index (χ3v) is 4.06. The first-order chi connectivity index (χ1) is 11.6. The van der Waals surface area contributed by atoms with Crippen LogP contribution in [0.1, 0.15) is 18.4 Å². The Morgan fingerprint density at radius 1 is 1.29 bits per heavy atom. The van der Waals surface area contributed by atoms with Gasteiger partial charge in [0.1, 0.15) is 6.54 Å². The van der Waals surface area contributed by atoms with Crippen molar-refractivity contribution in [1.82, 2.24) is 15.1 Å². The second-order valence-electron chi connectivity index (χ2n) is 6.02. The number of benzene rings is 1. The zero-order chi connectivity index (χ0) is 16.9. The molecule has 1 amide bonds. The molecule has 2 heterocycles. The highest BCUT2D eigenvalue weighted by atomic mass is 16.5. The summed E-state index contributed by atoms with van der Waals surface area (Å²) in [6.07, 6.45) is 2.07. The summed E-state index contributed by atoms with van der Waals surface area (Å²) in [6, 6.07) is 11.0. The van der Waals surface area contributed by atoms with Crippen LogP contribution in [0.5, 0.6) is 0 Å². The van der Waals surface area contributed by atoms with E-state index in [0.29, 0.717) is 12.2 Å². The fourth-order valence-corrected chi connectivity index (χ4v) is 2.67. The van der Waals surface area contributed by atoms with E-state index in [4.69, 9.17) is 4.74 Å². The minimum atomic E-state index is -0.293. The summed E-state index contributed by atoms with van der Waals surface area (Å²) in [4.78, 5) is 24.0. The van der Waals surface area contributed by atoms with Gasteiger partial charge < -0.3 is 10.1 Å². The summed E-state index contributed by atoms with van der Waals surface area (Å²) in [5.74, 6) is -0.235. The van der Waals surface area contributed by atoms with E-state index in [2.05, 4.69) is 10.4 Å². The Morgan fingerprint density at radius 2 is 2.08 bits per heavy atom. The van der Waals surface area contributed by atoms with Gasteiger partial charge in [-0.2, -0.15) is 5.10 Å². The van der Waals surface area contributed by atoms with Gasteiger partial charge in [0, 0.05) is 24.8 Å². The third kappa shape index (κ3) is 4.08.